The molecule has 1 unspecified atom stereocenters. The number of hydrogen-bond donors (Lipinski definition) is 2. The molecule has 1 aliphatic rings. The SMILES string of the molecule is CC(C)(N)C(=O)N1CCSCC1CC(=O)O. The molecule has 0 bridgehead atoms. The first-order valence-electron chi connectivity index (χ1n) is 5.22. The van der Waals surface area contributed by atoms with Crippen LogP contribution in [0.5, 0.6) is 0 Å². The Balaban J connectivity index is 2.74. The zero-order chi connectivity index (χ0) is 12.3. The van der Waals surface area contributed by atoms with Crippen LogP contribution in [0, 0.1) is 0 Å². The van der Waals surface area contributed by atoms with E-state index in [1.54, 1.807) is 30.5 Å². The van der Waals surface area contributed by atoms with Crippen molar-refractivity contribution in [2.45, 2.75) is 31.8 Å². The molecular formula is C10H18N2O3S. The summed E-state index contributed by atoms with van der Waals surface area (Å²) in [5.41, 5.74) is 4.83. The first-order chi connectivity index (χ1) is 7.32. The van der Waals surface area contributed by atoms with Gasteiger partial charge in [-0.15, -0.1) is 0 Å². The number of nitrogens with two attached hydrogens (primary N) is 1. The first kappa shape index (κ1) is 13.3. The summed E-state index contributed by atoms with van der Waals surface area (Å²) in [6.45, 7) is 3.88. The number of amides is 1. The Morgan fingerprint density at radius 3 is 2.69 bits per heavy atom. The molecule has 16 heavy (non-hydrogen) atoms. The molecule has 1 amide bonds. The molecule has 1 atom stereocenters. The van der Waals surface area contributed by atoms with Gasteiger partial charge in [0.15, 0.2) is 0 Å². The second-order valence-corrected chi connectivity index (χ2v) is 5.70. The standard InChI is InChI=1S/C10H18N2O3S/c1-10(2,11)9(15)12-3-4-16-6-7(12)5-8(13)14/h7H,3-6,11H2,1-2H3,(H,13,14). The highest BCUT2D eigenvalue weighted by atomic mass is 32.2. The molecule has 1 rings (SSSR count). The topological polar surface area (TPSA) is 83.6 Å². The number of rotatable bonds is 3. The van der Waals surface area contributed by atoms with Crippen LogP contribution in [0.2, 0.25) is 0 Å². The van der Waals surface area contributed by atoms with Gasteiger partial charge >= 0.3 is 5.97 Å². The molecule has 5 nitrogen and oxygen atoms in total. The van der Waals surface area contributed by atoms with Crippen LogP contribution in [-0.2, 0) is 9.59 Å². The van der Waals surface area contributed by atoms with Gasteiger partial charge in [0.2, 0.25) is 5.91 Å². The van der Waals surface area contributed by atoms with Gasteiger partial charge in [0.05, 0.1) is 18.0 Å². The number of carboxylic acid groups (broad SMARTS) is 1. The van der Waals surface area contributed by atoms with Gasteiger partial charge in [-0.1, -0.05) is 0 Å². The number of nitrogens with zero attached hydrogens (tertiary/aromatic N) is 1. The van der Waals surface area contributed by atoms with Crippen molar-refractivity contribution in [2.24, 2.45) is 5.73 Å². The number of aliphatic carboxylic acids is 1. The first-order valence-corrected chi connectivity index (χ1v) is 6.37. The van der Waals surface area contributed by atoms with Crippen LogP contribution in [0.25, 0.3) is 0 Å². The summed E-state index contributed by atoms with van der Waals surface area (Å²) in [7, 11) is 0. The average Bonchev–Trinajstić information content (AvgIpc) is 2.15. The van der Waals surface area contributed by atoms with E-state index in [1.165, 1.54) is 0 Å². The van der Waals surface area contributed by atoms with Crippen molar-refractivity contribution in [2.75, 3.05) is 18.1 Å². The lowest BCUT2D eigenvalue weighted by atomic mass is 10.0. The summed E-state index contributed by atoms with van der Waals surface area (Å²) in [6, 6.07) is -0.230. The normalized spacial score (nSPS) is 21.9. The van der Waals surface area contributed by atoms with Crippen molar-refractivity contribution >= 4 is 23.6 Å². The van der Waals surface area contributed by atoms with E-state index in [-0.39, 0.29) is 18.4 Å². The Kier molecular flexibility index (Phi) is 4.21. The van der Waals surface area contributed by atoms with E-state index in [1.807, 2.05) is 0 Å². The minimum absolute atomic E-state index is 0.00514. The van der Waals surface area contributed by atoms with Gasteiger partial charge in [-0.3, -0.25) is 9.59 Å². The van der Waals surface area contributed by atoms with Crippen LogP contribution >= 0.6 is 11.8 Å². The predicted molar refractivity (Wildman–Crippen MR) is 63.3 cm³/mol. The summed E-state index contributed by atoms with van der Waals surface area (Å²) in [6.07, 6.45) is -0.00514. The van der Waals surface area contributed by atoms with Crippen molar-refractivity contribution < 1.29 is 14.7 Å². The van der Waals surface area contributed by atoms with E-state index >= 15 is 0 Å². The van der Waals surface area contributed by atoms with Gasteiger partial charge in [-0.2, -0.15) is 11.8 Å². The molecule has 0 radical (unpaired) electrons. The van der Waals surface area contributed by atoms with Gasteiger partial charge in [0.25, 0.3) is 0 Å². The highest BCUT2D eigenvalue weighted by Crippen LogP contribution is 2.21. The minimum atomic E-state index is -0.932. The third kappa shape index (κ3) is 3.38. The van der Waals surface area contributed by atoms with Crippen molar-refractivity contribution in [3.05, 3.63) is 0 Å². The highest BCUT2D eigenvalue weighted by Gasteiger charge is 2.34. The number of carboxylic acids is 1. The van der Waals surface area contributed by atoms with Gasteiger partial charge in [0, 0.05) is 18.1 Å². The van der Waals surface area contributed by atoms with E-state index in [9.17, 15) is 9.59 Å². The number of thioether (sulfide) groups is 1. The minimum Gasteiger partial charge on any atom is -0.481 e. The Morgan fingerprint density at radius 2 is 2.19 bits per heavy atom. The van der Waals surface area contributed by atoms with E-state index in [4.69, 9.17) is 10.8 Å². The summed E-state index contributed by atoms with van der Waals surface area (Å²) >= 11 is 1.68. The Bertz CT molecular complexity index is 288. The smallest absolute Gasteiger partial charge is 0.305 e. The van der Waals surface area contributed by atoms with Gasteiger partial charge in [-0.25, -0.2) is 0 Å². The van der Waals surface area contributed by atoms with Gasteiger partial charge < -0.3 is 15.7 Å². The van der Waals surface area contributed by atoms with E-state index in [0.29, 0.717) is 12.3 Å². The summed E-state index contributed by atoms with van der Waals surface area (Å²) in [4.78, 5) is 24.3. The fraction of sp³-hybridized carbons (Fsp3) is 0.800. The van der Waals surface area contributed by atoms with Crippen LogP contribution in [0.1, 0.15) is 20.3 Å². The monoisotopic (exact) mass is 246 g/mol. The van der Waals surface area contributed by atoms with Crippen LogP contribution in [0.4, 0.5) is 0 Å². The number of carbonyl (C=O) groups is 2. The molecule has 1 fully saturated rings. The van der Waals surface area contributed by atoms with Crippen molar-refractivity contribution in [1.82, 2.24) is 4.90 Å². The molecule has 1 aliphatic heterocycles. The molecule has 92 valence electrons. The Hall–Kier alpha value is -0.750. The third-order valence-corrected chi connectivity index (χ3v) is 3.54. The maximum atomic E-state index is 12.0. The summed E-state index contributed by atoms with van der Waals surface area (Å²) < 4.78 is 0. The summed E-state index contributed by atoms with van der Waals surface area (Å²) in [5, 5.41) is 8.79. The average molecular weight is 246 g/mol. The molecule has 0 aliphatic carbocycles. The molecule has 0 aromatic rings. The zero-order valence-corrected chi connectivity index (χ0v) is 10.4. The molecule has 0 spiro atoms. The van der Waals surface area contributed by atoms with Gasteiger partial charge in [-0.05, 0) is 13.8 Å². The lowest BCUT2D eigenvalue weighted by Crippen LogP contribution is -2.57. The van der Waals surface area contributed by atoms with Crippen LogP contribution in [0.3, 0.4) is 0 Å². The lowest BCUT2D eigenvalue weighted by Gasteiger charge is -2.38. The van der Waals surface area contributed by atoms with Crippen molar-refractivity contribution in [3.8, 4) is 0 Å². The number of carbonyl (C=O) groups excluding carboxylic acids is 1. The van der Waals surface area contributed by atoms with Crippen LogP contribution in [0.15, 0.2) is 0 Å². The van der Waals surface area contributed by atoms with Crippen LogP contribution in [-0.4, -0.2) is 51.5 Å². The molecule has 6 heteroatoms. The Morgan fingerprint density at radius 1 is 1.56 bits per heavy atom. The molecule has 1 heterocycles. The number of hydrogen-bond acceptors (Lipinski definition) is 4. The van der Waals surface area contributed by atoms with Crippen molar-refractivity contribution in [3.63, 3.8) is 0 Å². The fourth-order valence-corrected chi connectivity index (χ4v) is 2.73. The molecule has 3 N–H and O–H groups in total. The zero-order valence-electron chi connectivity index (χ0n) is 9.60. The van der Waals surface area contributed by atoms with Crippen LogP contribution < -0.4 is 5.73 Å². The molecule has 0 saturated carbocycles. The van der Waals surface area contributed by atoms with E-state index in [2.05, 4.69) is 0 Å². The second kappa shape index (κ2) is 5.05. The third-order valence-electron chi connectivity index (χ3n) is 2.45. The van der Waals surface area contributed by atoms with Crippen molar-refractivity contribution in [1.29, 1.82) is 0 Å². The maximum absolute atomic E-state index is 12.0. The van der Waals surface area contributed by atoms with Gasteiger partial charge in [0.1, 0.15) is 0 Å². The predicted octanol–water partition coefficient (Wildman–Crippen LogP) is 0.142. The molecule has 0 aromatic heterocycles. The highest BCUT2D eigenvalue weighted by molar-refractivity contribution is 7.99. The largest absolute Gasteiger partial charge is 0.481 e. The fourth-order valence-electron chi connectivity index (χ4n) is 1.66. The quantitative estimate of drug-likeness (QED) is 0.740. The lowest BCUT2D eigenvalue weighted by molar-refractivity contribution is -0.142. The molecular weight excluding hydrogens is 228 g/mol. The molecule has 0 aromatic carbocycles. The van der Waals surface area contributed by atoms with E-state index < -0.39 is 11.5 Å². The maximum Gasteiger partial charge on any atom is 0.305 e. The second-order valence-electron chi connectivity index (χ2n) is 4.55. The summed E-state index contributed by atoms with van der Waals surface area (Å²) in [5.74, 6) is 0.477. The Labute approximate surface area is 99.4 Å². The van der Waals surface area contributed by atoms with E-state index in [0.717, 1.165) is 5.75 Å². The molecule has 1 saturated heterocycles.